The first-order valence-corrected chi connectivity index (χ1v) is 7.75. The van der Waals surface area contributed by atoms with E-state index in [1.807, 2.05) is 25.1 Å². The molecule has 0 fully saturated rings. The van der Waals surface area contributed by atoms with Gasteiger partial charge in [-0.15, -0.1) is 0 Å². The van der Waals surface area contributed by atoms with Crippen molar-refractivity contribution in [2.45, 2.75) is 45.8 Å². The molecule has 4 nitrogen and oxygen atoms in total. The first-order valence-electron chi connectivity index (χ1n) is 6.96. The van der Waals surface area contributed by atoms with E-state index in [9.17, 15) is 4.79 Å². The van der Waals surface area contributed by atoms with E-state index in [0.29, 0.717) is 12.3 Å². The predicted octanol–water partition coefficient (Wildman–Crippen LogP) is 2.63. The summed E-state index contributed by atoms with van der Waals surface area (Å²) < 4.78 is 6.50. The molecule has 5 heteroatoms. The summed E-state index contributed by atoms with van der Waals surface area (Å²) in [6.07, 6.45) is 1.26. The van der Waals surface area contributed by atoms with Gasteiger partial charge in [-0.05, 0) is 60.3 Å². The molecule has 0 aliphatic rings. The molecule has 1 aromatic rings. The van der Waals surface area contributed by atoms with Gasteiger partial charge in [0.2, 0.25) is 0 Å². The second-order valence-electron chi connectivity index (χ2n) is 4.79. The topological polar surface area (TPSA) is 64.3 Å². The molecule has 1 amide bonds. The fraction of sp³-hybridized carbons (Fsp3) is 0.533. The first kappa shape index (κ1) is 17.0. The van der Waals surface area contributed by atoms with E-state index < -0.39 is 6.10 Å². The van der Waals surface area contributed by atoms with Gasteiger partial charge in [0.15, 0.2) is 6.10 Å². The van der Waals surface area contributed by atoms with Crippen molar-refractivity contribution in [3.8, 4) is 5.75 Å². The molecule has 3 N–H and O–H groups in total. The number of likely N-dealkylation sites (N-methyl/N-ethyl adjacent to an activating group) is 1. The Kier molecular flexibility index (Phi) is 7.02. The highest BCUT2D eigenvalue weighted by molar-refractivity contribution is 9.10. The zero-order valence-corrected chi connectivity index (χ0v) is 13.9. The number of halogens is 1. The summed E-state index contributed by atoms with van der Waals surface area (Å²) in [7, 11) is 0. The number of ether oxygens (including phenoxy) is 1. The molecule has 0 bridgehead atoms. The lowest BCUT2D eigenvalue weighted by Gasteiger charge is -2.16. The van der Waals surface area contributed by atoms with E-state index in [-0.39, 0.29) is 11.9 Å². The Morgan fingerprint density at radius 3 is 2.70 bits per heavy atom. The lowest BCUT2D eigenvalue weighted by atomic mass is 10.0. The van der Waals surface area contributed by atoms with Gasteiger partial charge in [0.1, 0.15) is 5.75 Å². The highest BCUT2D eigenvalue weighted by Gasteiger charge is 2.15. The van der Waals surface area contributed by atoms with Crippen molar-refractivity contribution >= 4 is 21.8 Å². The molecule has 2 atom stereocenters. The van der Waals surface area contributed by atoms with Gasteiger partial charge in [-0.1, -0.05) is 13.0 Å². The molecule has 0 aromatic heterocycles. The van der Waals surface area contributed by atoms with Crippen LogP contribution in [0.4, 0.5) is 0 Å². The van der Waals surface area contributed by atoms with Crippen LogP contribution in [0.25, 0.3) is 0 Å². The summed E-state index contributed by atoms with van der Waals surface area (Å²) in [5.74, 6) is 0.550. The highest BCUT2D eigenvalue weighted by Crippen LogP contribution is 2.27. The molecular weight excluding hydrogens is 320 g/mol. The first-order chi connectivity index (χ1) is 9.47. The summed E-state index contributed by atoms with van der Waals surface area (Å²) in [6.45, 7) is 6.29. The Morgan fingerprint density at radius 2 is 2.15 bits per heavy atom. The molecule has 0 heterocycles. The fourth-order valence-corrected chi connectivity index (χ4v) is 2.30. The quantitative estimate of drug-likeness (QED) is 0.800. The van der Waals surface area contributed by atoms with Gasteiger partial charge in [-0.3, -0.25) is 4.79 Å². The smallest absolute Gasteiger partial charge is 0.260 e. The number of benzene rings is 1. The average molecular weight is 343 g/mol. The van der Waals surface area contributed by atoms with Gasteiger partial charge in [-0.25, -0.2) is 0 Å². The van der Waals surface area contributed by atoms with Crippen LogP contribution in [0.3, 0.4) is 0 Å². The Morgan fingerprint density at radius 1 is 1.45 bits per heavy atom. The van der Waals surface area contributed by atoms with Crippen molar-refractivity contribution in [2.24, 2.45) is 5.73 Å². The van der Waals surface area contributed by atoms with Crippen LogP contribution in [-0.2, 0) is 11.2 Å². The maximum absolute atomic E-state index is 11.6. The Balaban J connectivity index is 2.70. The molecule has 20 heavy (non-hydrogen) atoms. The maximum atomic E-state index is 11.6. The molecule has 0 aliphatic heterocycles. The molecule has 0 aliphatic carbocycles. The zero-order valence-electron chi connectivity index (χ0n) is 12.3. The van der Waals surface area contributed by atoms with Gasteiger partial charge >= 0.3 is 0 Å². The van der Waals surface area contributed by atoms with Crippen molar-refractivity contribution in [3.63, 3.8) is 0 Å². The van der Waals surface area contributed by atoms with Gasteiger partial charge in [0.25, 0.3) is 5.91 Å². The largest absolute Gasteiger partial charge is 0.480 e. The molecule has 0 spiro atoms. The summed E-state index contributed by atoms with van der Waals surface area (Å²) in [6, 6.07) is 6.02. The molecule has 2 unspecified atom stereocenters. The lowest BCUT2D eigenvalue weighted by Crippen LogP contribution is -2.36. The van der Waals surface area contributed by atoms with Crippen molar-refractivity contribution in [2.75, 3.05) is 6.54 Å². The summed E-state index contributed by atoms with van der Waals surface area (Å²) in [5.41, 5.74) is 7.10. The van der Waals surface area contributed by atoms with E-state index in [0.717, 1.165) is 22.9 Å². The third-order valence-corrected chi connectivity index (χ3v) is 3.66. The summed E-state index contributed by atoms with van der Waals surface area (Å²) in [5, 5.41) is 2.73. The van der Waals surface area contributed by atoms with Crippen molar-refractivity contribution in [1.82, 2.24) is 5.32 Å². The van der Waals surface area contributed by atoms with Crippen molar-refractivity contribution < 1.29 is 9.53 Å². The Hall–Kier alpha value is -1.07. The number of carbonyl (C=O) groups is 1. The van der Waals surface area contributed by atoms with Gasteiger partial charge in [-0.2, -0.15) is 0 Å². The molecule has 0 saturated heterocycles. The van der Waals surface area contributed by atoms with Gasteiger partial charge in [0, 0.05) is 12.6 Å². The molecule has 1 rings (SSSR count). The van der Waals surface area contributed by atoms with Crippen LogP contribution in [0.1, 0.15) is 32.8 Å². The standard InChI is InChI=1S/C15H23BrN2O2/c1-4-12(17)8-11-6-7-14(13(16)9-11)20-10(3)15(19)18-5-2/h6-7,9-10,12H,4-5,8,17H2,1-3H3,(H,18,19). The van der Waals surface area contributed by atoms with E-state index in [1.54, 1.807) is 6.92 Å². The number of nitrogens with two attached hydrogens (primary N) is 1. The van der Waals surface area contributed by atoms with Crippen LogP contribution in [0.15, 0.2) is 22.7 Å². The van der Waals surface area contributed by atoms with Crippen LogP contribution < -0.4 is 15.8 Å². The molecule has 0 radical (unpaired) electrons. The number of carbonyl (C=O) groups excluding carboxylic acids is 1. The van der Waals surface area contributed by atoms with Gasteiger partial charge in [0.05, 0.1) is 4.47 Å². The minimum atomic E-state index is -0.519. The maximum Gasteiger partial charge on any atom is 0.260 e. The van der Waals surface area contributed by atoms with Crippen molar-refractivity contribution in [1.29, 1.82) is 0 Å². The van der Waals surface area contributed by atoms with Crippen LogP contribution in [0.5, 0.6) is 5.75 Å². The SMILES string of the molecule is CCNC(=O)C(C)Oc1ccc(CC(N)CC)cc1Br. The minimum Gasteiger partial charge on any atom is -0.480 e. The third-order valence-electron chi connectivity index (χ3n) is 3.04. The van der Waals surface area contributed by atoms with Crippen LogP contribution in [0, 0.1) is 0 Å². The number of rotatable bonds is 7. The number of amides is 1. The van der Waals surface area contributed by atoms with E-state index in [1.165, 1.54) is 0 Å². The van der Waals surface area contributed by atoms with Crippen LogP contribution >= 0.6 is 15.9 Å². The van der Waals surface area contributed by atoms with E-state index in [2.05, 4.69) is 28.2 Å². The van der Waals surface area contributed by atoms with Crippen LogP contribution in [-0.4, -0.2) is 24.6 Å². The van der Waals surface area contributed by atoms with E-state index in [4.69, 9.17) is 10.5 Å². The van der Waals surface area contributed by atoms with Crippen molar-refractivity contribution in [3.05, 3.63) is 28.2 Å². The highest BCUT2D eigenvalue weighted by atomic mass is 79.9. The normalized spacial score (nSPS) is 13.7. The lowest BCUT2D eigenvalue weighted by molar-refractivity contribution is -0.127. The monoisotopic (exact) mass is 342 g/mol. The zero-order chi connectivity index (χ0) is 15.1. The number of hydrogen-bond donors (Lipinski definition) is 2. The number of nitrogens with one attached hydrogen (secondary N) is 1. The number of hydrogen-bond acceptors (Lipinski definition) is 3. The third kappa shape index (κ3) is 5.13. The fourth-order valence-electron chi connectivity index (χ4n) is 1.78. The second kappa shape index (κ2) is 8.27. The summed E-state index contributed by atoms with van der Waals surface area (Å²) in [4.78, 5) is 11.6. The Labute approximate surface area is 129 Å². The van der Waals surface area contributed by atoms with Crippen LogP contribution in [0.2, 0.25) is 0 Å². The Bertz CT molecular complexity index is 451. The summed E-state index contributed by atoms with van der Waals surface area (Å²) >= 11 is 3.48. The second-order valence-corrected chi connectivity index (χ2v) is 5.65. The molecule has 112 valence electrons. The molecule has 1 aromatic carbocycles. The van der Waals surface area contributed by atoms with E-state index >= 15 is 0 Å². The molecule has 0 saturated carbocycles. The average Bonchev–Trinajstić information content (AvgIpc) is 2.41. The van der Waals surface area contributed by atoms with Gasteiger partial charge < -0.3 is 15.8 Å². The predicted molar refractivity (Wildman–Crippen MR) is 84.9 cm³/mol. The molecular formula is C15H23BrN2O2. The minimum absolute atomic E-state index is 0.114.